The van der Waals surface area contributed by atoms with Gasteiger partial charge in [0.1, 0.15) is 0 Å². The molecule has 0 spiro atoms. The van der Waals surface area contributed by atoms with E-state index in [9.17, 15) is 20.4 Å². The third-order valence-electron chi connectivity index (χ3n) is 2.82. The van der Waals surface area contributed by atoms with Crippen molar-refractivity contribution in [1.82, 2.24) is 9.80 Å². The van der Waals surface area contributed by atoms with E-state index in [4.69, 9.17) is 0 Å². The molecule has 0 bridgehead atoms. The molecule has 0 aliphatic rings. The molecule has 138 valence electrons. The normalized spacial score (nSPS) is 16.6. The molecule has 0 heterocycles. The third-order valence-corrected chi connectivity index (χ3v) is 2.82. The minimum atomic E-state index is -0.448. The van der Waals surface area contributed by atoms with Gasteiger partial charge in [-0.3, -0.25) is 9.80 Å². The quantitative estimate of drug-likeness (QED) is 0.369. The van der Waals surface area contributed by atoms with Crippen molar-refractivity contribution in [3.63, 3.8) is 0 Å². The molecule has 8 heteroatoms. The van der Waals surface area contributed by atoms with Crippen LogP contribution in [0.4, 0.5) is 0 Å². The SMILES string of the molecule is CC(O)CN(CCN(CC(C)O)CC(C)O)CC(C)O.Cl.O. The summed E-state index contributed by atoms with van der Waals surface area (Å²) in [6.07, 6.45) is -1.79. The molecular weight excluding hydrogens is 312 g/mol. The van der Waals surface area contributed by atoms with Crippen LogP contribution in [0.1, 0.15) is 27.7 Å². The average molecular weight is 347 g/mol. The summed E-state index contributed by atoms with van der Waals surface area (Å²) < 4.78 is 0. The highest BCUT2D eigenvalue weighted by Crippen LogP contribution is 2.00. The van der Waals surface area contributed by atoms with Crippen molar-refractivity contribution < 1.29 is 25.9 Å². The van der Waals surface area contributed by atoms with Gasteiger partial charge in [0.2, 0.25) is 0 Å². The smallest absolute Gasteiger partial charge is 0.0639 e. The highest BCUT2D eigenvalue weighted by atomic mass is 35.5. The van der Waals surface area contributed by atoms with E-state index >= 15 is 0 Å². The largest absolute Gasteiger partial charge is 0.412 e. The number of hydrogen-bond acceptors (Lipinski definition) is 6. The number of rotatable bonds is 11. The number of hydrogen-bond donors (Lipinski definition) is 4. The van der Waals surface area contributed by atoms with Gasteiger partial charge >= 0.3 is 0 Å². The molecule has 0 aromatic rings. The molecule has 0 aliphatic carbocycles. The van der Waals surface area contributed by atoms with Crippen LogP contribution in [0.2, 0.25) is 0 Å². The second kappa shape index (κ2) is 14.6. The molecule has 0 amide bonds. The van der Waals surface area contributed by atoms with Gasteiger partial charge in [-0.1, -0.05) is 0 Å². The molecule has 0 saturated carbocycles. The molecule has 0 aromatic carbocycles. The second-order valence-electron chi connectivity index (χ2n) is 5.92. The Balaban J connectivity index is -0.00000180. The molecule has 4 atom stereocenters. The standard InChI is InChI=1S/C14H32N2O4.ClH.H2O/c1-11(17)7-15(8-12(2)18)5-6-16(9-13(3)19)10-14(4)20;;/h11-14,17-20H,5-10H2,1-4H3;1H;1H2. The maximum absolute atomic E-state index is 9.47. The predicted octanol–water partition coefficient (Wildman–Crippen LogP) is -1.29. The van der Waals surface area contributed by atoms with Crippen molar-refractivity contribution in [3.05, 3.63) is 0 Å². The van der Waals surface area contributed by atoms with Gasteiger partial charge in [0.25, 0.3) is 0 Å². The maximum Gasteiger partial charge on any atom is 0.0639 e. The maximum atomic E-state index is 9.47. The highest BCUT2D eigenvalue weighted by Gasteiger charge is 2.15. The fraction of sp³-hybridized carbons (Fsp3) is 1.00. The van der Waals surface area contributed by atoms with Crippen molar-refractivity contribution >= 4 is 12.4 Å². The lowest BCUT2D eigenvalue weighted by atomic mass is 10.2. The number of nitrogens with zero attached hydrogens (tertiary/aromatic N) is 2. The van der Waals surface area contributed by atoms with E-state index in [-0.39, 0.29) is 17.9 Å². The zero-order valence-corrected chi connectivity index (χ0v) is 15.0. The van der Waals surface area contributed by atoms with Gasteiger partial charge in [0.15, 0.2) is 0 Å². The van der Waals surface area contributed by atoms with Crippen LogP contribution in [-0.4, -0.2) is 99.4 Å². The molecule has 6 N–H and O–H groups in total. The molecule has 0 aromatic heterocycles. The molecule has 7 nitrogen and oxygen atoms in total. The van der Waals surface area contributed by atoms with Gasteiger partial charge in [0.05, 0.1) is 24.4 Å². The Bertz CT molecular complexity index is 199. The topological polar surface area (TPSA) is 119 Å². The van der Waals surface area contributed by atoms with Crippen LogP contribution in [0.3, 0.4) is 0 Å². The second-order valence-corrected chi connectivity index (χ2v) is 5.92. The molecule has 0 rings (SSSR count). The molecule has 0 fully saturated rings. The fourth-order valence-electron chi connectivity index (χ4n) is 2.29. The first-order valence-corrected chi connectivity index (χ1v) is 7.37. The summed E-state index contributed by atoms with van der Waals surface area (Å²) in [6.45, 7) is 10.2. The minimum absolute atomic E-state index is 0. The van der Waals surface area contributed by atoms with E-state index in [0.29, 0.717) is 39.3 Å². The van der Waals surface area contributed by atoms with Gasteiger partial charge in [-0.25, -0.2) is 0 Å². The Labute approximate surface area is 140 Å². The van der Waals surface area contributed by atoms with Gasteiger partial charge in [-0.2, -0.15) is 0 Å². The average Bonchev–Trinajstić information content (AvgIpc) is 2.22. The molecule has 0 radical (unpaired) electrons. The lowest BCUT2D eigenvalue weighted by molar-refractivity contribution is 0.0542. The van der Waals surface area contributed by atoms with Crippen molar-refractivity contribution in [2.75, 3.05) is 39.3 Å². The Morgan fingerprint density at radius 1 is 0.591 bits per heavy atom. The van der Waals surface area contributed by atoms with Crippen molar-refractivity contribution in [2.45, 2.75) is 52.1 Å². The molecule has 22 heavy (non-hydrogen) atoms. The Kier molecular flexibility index (Phi) is 17.8. The molecule has 0 aliphatic heterocycles. The van der Waals surface area contributed by atoms with Crippen LogP contribution in [-0.2, 0) is 0 Å². The van der Waals surface area contributed by atoms with Crippen LogP contribution in [0.15, 0.2) is 0 Å². The van der Waals surface area contributed by atoms with Gasteiger partial charge in [0, 0.05) is 39.3 Å². The molecule has 0 saturated heterocycles. The van der Waals surface area contributed by atoms with Crippen LogP contribution < -0.4 is 0 Å². The first-order valence-electron chi connectivity index (χ1n) is 7.37. The Morgan fingerprint density at radius 2 is 0.773 bits per heavy atom. The van der Waals surface area contributed by atoms with E-state index in [1.54, 1.807) is 27.7 Å². The summed E-state index contributed by atoms with van der Waals surface area (Å²) in [4.78, 5) is 3.98. The van der Waals surface area contributed by atoms with Crippen LogP contribution in [0, 0.1) is 0 Å². The summed E-state index contributed by atoms with van der Waals surface area (Å²) in [7, 11) is 0. The number of aliphatic hydroxyl groups is 4. The van der Waals surface area contributed by atoms with Crippen LogP contribution in [0.5, 0.6) is 0 Å². The Hall–Kier alpha value is 0.01000. The summed E-state index contributed by atoms with van der Waals surface area (Å²) in [5, 5.41) is 37.9. The summed E-state index contributed by atoms with van der Waals surface area (Å²) >= 11 is 0. The fourth-order valence-corrected chi connectivity index (χ4v) is 2.29. The predicted molar refractivity (Wildman–Crippen MR) is 90.5 cm³/mol. The van der Waals surface area contributed by atoms with Gasteiger partial charge in [-0.15, -0.1) is 12.4 Å². The lowest BCUT2D eigenvalue weighted by Gasteiger charge is -2.30. The van der Waals surface area contributed by atoms with Crippen molar-refractivity contribution in [1.29, 1.82) is 0 Å². The summed E-state index contributed by atoms with van der Waals surface area (Å²) in [6, 6.07) is 0. The van der Waals surface area contributed by atoms with E-state index < -0.39 is 24.4 Å². The summed E-state index contributed by atoms with van der Waals surface area (Å²) in [5.41, 5.74) is 0. The lowest BCUT2D eigenvalue weighted by Crippen LogP contribution is -2.44. The molecular formula is C14H35ClN2O5. The van der Waals surface area contributed by atoms with E-state index in [1.165, 1.54) is 0 Å². The van der Waals surface area contributed by atoms with Crippen molar-refractivity contribution in [2.24, 2.45) is 0 Å². The zero-order valence-electron chi connectivity index (χ0n) is 14.1. The van der Waals surface area contributed by atoms with Crippen molar-refractivity contribution in [3.8, 4) is 0 Å². The first kappa shape index (κ1) is 26.9. The number of halogens is 1. The van der Waals surface area contributed by atoms with E-state index in [1.807, 2.05) is 9.80 Å². The highest BCUT2D eigenvalue weighted by molar-refractivity contribution is 5.85. The van der Waals surface area contributed by atoms with E-state index in [0.717, 1.165) is 0 Å². The van der Waals surface area contributed by atoms with Crippen LogP contribution >= 0.6 is 12.4 Å². The Morgan fingerprint density at radius 3 is 0.909 bits per heavy atom. The zero-order chi connectivity index (χ0) is 15.7. The van der Waals surface area contributed by atoms with E-state index in [2.05, 4.69) is 0 Å². The first-order chi connectivity index (χ1) is 9.20. The third kappa shape index (κ3) is 16.4. The monoisotopic (exact) mass is 346 g/mol. The van der Waals surface area contributed by atoms with Crippen LogP contribution in [0.25, 0.3) is 0 Å². The molecule has 4 unspecified atom stereocenters. The van der Waals surface area contributed by atoms with Gasteiger partial charge < -0.3 is 25.9 Å². The summed E-state index contributed by atoms with van der Waals surface area (Å²) in [5.74, 6) is 0. The number of aliphatic hydroxyl groups excluding tert-OH is 4. The van der Waals surface area contributed by atoms with Gasteiger partial charge in [-0.05, 0) is 27.7 Å². The minimum Gasteiger partial charge on any atom is -0.412 e.